The third-order valence-corrected chi connectivity index (χ3v) is 8.41. The van der Waals surface area contributed by atoms with Crippen LogP contribution in [0.2, 0.25) is 0 Å². The highest BCUT2D eigenvalue weighted by molar-refractivity contribution is 7.22. The number of carbonyl (C=O) groups is 2. The van der Waals surface area contributed by atoms with Gasteiger partial charge in [-0.2, -0.15) is 18.2 Å². The summed E-state index contributed by atoms with van der Waals surface area (Å²) in [6.07, 6.45) is 0.951. The highest BCUT2D eigenvalue weighted by Crippen LogP contribution is 2.40. The van der Waals surface area contributed by atoms with E-state index < -0.39 is 29.5 Å². The third kappa shape index (κ3) is 7.08. The number of rotatable bonds is 6. The Bertz CT molecular complexity index is 1710. The minimum atomic E-state index is -4.80. The second kappa shape index (κ2) is 12.9. The molecule has 0 unspecified atom stereocenters. The van der Waals surface area contributed by atoms with E-state index in [1.54, 1.807) is 12.1 Å². The Hall–Kier alpha value is -4.72. The Kier molecular flexibility index (Phi) is 8.99. The molecule has 228 valence electrons. The molecular formula is C30H28F4N7O2S+. The van der Waals surface area contributed by atoms with Crippen LogP contribution in [0.25, 0.3) is 10.2 Å². The summed E-state index contributed by atoms with van der Waals surface area (Å²) in [5, 5.41) is 5.61. The molecule has 9 nitrogen and oxygen atoms in total. The van der Waals surface area contributed by atoms with Crippen LogP contribution in [0.3, 0.4) is 0 Å². The maximum atomic E-state index is 13.9. The van der Waals surface area contributed by atoms with E-state index in [0.717, 1.165) is 18.9 Å². The van der Waals surface area contributed by atoms with Crippen LogP contribution in [-0.2, 0) is 12.7 Å². The molecule has 4 aromatic rings. The highest BCUT2D eigenvalue weighted by Gasteiger charge is 2.35. The number of guanidine groups is 1. The van der Waals surface area contributed by atoms with Gasteiger partial charge in [-0.25, -0.2) is 14.2 Å². The molecule has 5 N–H and O–H groups in total. The van der Waals surface area contributed by atoms with Gasteiger partial charge in [-0.15, -0.1) is 5.53 Å². The number of hydrogen-bond donors (Lipinski definition) is 3. The Morgan fingerprint density at radius 3 is 2.36 bits per heavy atom. The molecule has 1 saturated carbocycles. The van der Waals surface area contributed by atoms with E-state index in [9.17, 15) is 27.2 Å². The fourth-order valence-corrected chi connectivity index (χ4v) is 6.17. The lowest BCUT2D eigenvalue weighted by Gasteiger charge is -2.25. The summed E-state index contributed by atoms with van der Waals surface area (Å²) < 4.78 is 54.3. The summed E-state index contributed by atoms with van der Waals surface area (Å²) in [4.78, 5) is 34.9. The number of thiazole rings is 1. The normalized spacial score (nSPS) is 14.4. The lowest BCUT2D eigenvalue weighted by Crippen LogP contribution is -2.34. The van der Waals surface area contributed by atoms with E-state index in [4.69, 9.17) is 11.3 Å². The summed E-state index contributed by atoms with van der Waals surface area (Å²) in [5.41, 5.74) is 11.6. The number of aromatic nitrogens is 1. The number of alkyl halides is 3. The number of fused-ring (bicyclic) bond motifs is 1. The fraction of sp³-hybridized carbons (Fsp3) is 0.267. The molecule has 14 heteroatoms. The summed E-state index contributed by atoms with van der Waals surface area (Å²) in [7, 11) is 0. The monoisotopic (exact) mass is 626 g/mol. The highest BCUT2D eigenvalue weighted by atomic mass is 32.1. The average molecular weight is 627 g/mol. The molecule has 0 atom stereocenters. The third-order valence-electron chi connectivity index (χ3n) is 7.39. The summed E-state index contributed by atoms with van der Waals surface area (Å²) in [5.74, 6) is -1.67. The van der Waals surface area contributed by atoms with E-state index in [0.29, 0.717) is 34.6 Å². The Labute approximate surface area is 253 Å². The van der Waals surface area contributed by atoms with Crippen molar-refractivity contribution in [2.45, 2.75) is 50.7 Å². The maximum Gasteiger partial charge on any atom is 0.417 e. The molecule has 0 spiro atoms. The predicted molar refractivity (Wildman–Crippen MR) is 159 cm³/mol. The molecular weight excluding hydrogens is 598 g/mol. The van der Waals surface area contributed by atoms with Gasteiger partial charge in [0.2, 0.25) is 0 Å². The van der Waals surface area contributed by atoms with Crippen LogP contribution in [0.15, 0.2) is 70.8 Å². The van der Waals surface area contributed by atoms with Gasteiger partial charge in [-0.05, 0) is 60.2 Å². The van der Waals surface area contributed by atoms with Gasteiger partial charge in [0, 0.05) is 22.4 Å². The molecule has 1 fully saturated rings. The molecule has 3 amide bonds. The first-order valence-electron chi connectivity index (χ1n) is 13.8. The zero-order valence-electron chi connectivity index (χ0n) is 23.3. The maximum absolute atomic E-state index is 13.9. The lowest BCUT2D eigenvalue weighted by molar-refractivity contribution is -0.207. The predicted octanol–water partition coefficient (Wildman–Crippen LogP) is 6.41. The number of nitrogens with two attached hydrogens (primary N) is 2. The number of aliphatic imine (C=N–C) groups is 1. The van der Waals surface area contributed by atoms with Crippen molar-refractivity contribution in [2.75, 3.05) is 10.2 Å². The molecule has 0 bridgehead atoms. The van der Waals surface area contributed by atoms with Gasteiger partial charge in [0.15, 0.2) is 5.13 Å². The van der Waals surface area contributed by atoms with Crippen molar-refractivity contribution in [3.8, 4) is 0 Å². The molecule has 3 aromatic carbocycles. The molecule has 5 rings (SSSR count). The number of halogens is 4. The molecule has 1 heterocycles. The van der Waals surface area contributed by atoms with Gasteiger partial charge in [0.25, 0.3) is 11.9 Å². The molecule has 0 radical (unpaired) electrons. The molecule has 1 aromatic heterocycles. The van der Waals surface area contributed by atoms with Crippen LogP contribution in [0.5, 0.6) is 0 Å². The van der Waals surface area contributed by atoms with Crippen LogP contribution >= 0.6 is 11.3 Å². The largest absolute Gasteiger partial charge is 0.417 e. The van der Waals surface area contributed by atoms with E-state index in [-0.39, 0.29) is 33.4 Å². The second-order valence-electron chi connectivity index (χ2n) is 10.4. The molecule has 0 saturated heterocycles. The van der Waals surface area contributed by atoms with Gasteiger partial charge < -0.3 is 5.73 Å². The fourth-order valence-electron chi connectivity index (χ4n) is 5.20. The molecule has 44 heavy (non-hydrogen) atoms. The number of nitrogens with zero attached hydrogens (tertiary/aromatic N) is 4. The van der Waals surface area contributed by atoms with Crippen molar-refractivity contribution >= 4 is 50.3 Å². The van der Waals surface area contributed by atoms with Crippen LogP contribution < -0.4 is 21.5 Å². The van der Waals surface area contributed by atoms with E-state index in [1.165, 1.54) is 41.9 Å². The first kappa shape index (κ1) is 30.7. The number of urea groups is 1. The van der Waals surface area contributed by atoms with Crippen molar-refractivity contribution in [2.24, 2.45) is 15.8 Å². The van der Waals surface area contributed by atoms with Gasteiger partial charge in [-0.3, -0.25) is 15.0 Å². The van der Waals surface area contributed by atoms with Gasteiger partial charge in [0.05, 0.1) is 22.3 Å². The van der Waals surface area contributed by atoms with Crippen LogP contribution in [0.1, 0.15) is 65.1 Å². The van der Waals surface area contributed by atoms with Crippen molar-refractivity contribution in [1.29, 1.82) is 0 Å². The standard InChI is InChI=1S/C30H27F4N7O2S/c31-21-14-23(30(32,33)34)25-24(15-21)37-28(44-25)39-29(43)41(22-12-10-19(11-13-22)18-4-2-1-3-5-18)16-17-6-8-20(9-7-17)26(42)38-27(35)40-36/h6-15,18,36H,1-5,16H2,(H2,35,38,42)(H,37,39,43)/p+1. The molecule has 1 aliphatic rings. The smallest absolute Gasteiger partial charge is 0.363 e. The summed E-state index contributed by atoms with van der Waals surface area (Å²) >= 11 is 0.607. The number of hydrogen-bond acceptors (Lipinski definition) is 4. The topological polar surface area (TPSA) is 139 Å². The van der Waals surface area contributed by atoms with E-state index in [1.807, 2.05) is 24.3 Å². The van der Waals surface area contributed by atoms with Crippen LogP contribution in [0, 0.1) is 5.82 Å². The van der Waals surface area contributed by atoms with Crippen molar-refractivity contribution in [1.82, 2.24) is 4.98 Å². The summed E-state index contributed by atoms with van der Waals surface area (Å²) in [6, 6.07) is 14.5. The van der Waals surface area contributed by atoms with E-state index >= 15 is 0 Å². The quantitative estimate of drug-likeness (QED) is 0.0986. The Morgan fingerprint density at radius 2 is 1.73 bits per heavy atom. The van der Waals surface area contributed by atoms with Gasteiger partial charge in [-0.1, -0.05) is 54.9 Å². The zero-order valence-corrected chi connectivity index (χ0v) is 24.1. The molecule has 0 aliphatic heterocycles. The van der Waals surface area contributed by atoms with Gasteiger partial charge >= 0.3 is 12.2 Å². The van der Waals surface area contributed by atoms with E-state index in [2.05, 4.69) is 20.4 Å². The number of carbonyl (C=O) groups excluding carboxylic acids is 2. The molecule has 1 aliphatic carbocycles. The number of benzene rings is 3. The van der Waals surface area contributed by atoms with Crippen LogP contribution in [0.4, 0.5) is 33.2 Å². The minimum absolute atomic E-state index is 0.0416. The van der Waals surface area contributed by atoms with Crippen LogP contribution in [-0.4, -0.2) is 22.9 Å². The first-order valence-corrected chi connectivity index (χ1v) is 14.6. The minimum Gasteiger partial charge on any atom is -0.363 e. The lowest BCUT2D eigenvalue weighted by atomic mass is 9.84. The van der Waals surface area contributed by atoms with Crippen molar-refractivity contribution < 1.29 is 32.7 Å². The zero-order chi connectivity index (χ0) is 31.4. The number of anilines is 2. The summed E-state index contributed by atoms with van der Waals surface area (Å²) in [6.45, 7) is 0.0416. The van der Waals surface area contributed by atoms with Crippen molar-refractivity contribution in [3.63, 3.8) is 0 Å². The SMILES string of the molecule is NC(N=[NH2+])=NC(=O)c1ccc(CN(C(=O)Nc2nc3cc(F)cc(C(F)(F)F)c3s2)c2ccc(C3CCCCC3)cc2)cc1. The number of amides is 3. The second-order valence-corrected chi connectivity index (χ2v) is 11.4. The first-order chi connectivity index (χ1) is 21.0. The number of nitrogens with one attached hydrogen (secondary N) is 1. The van der Waals surface area contributed by atoms with Gasteiger partial charge in [0.1, 0.15) is 5.82 Å². The Morgan fingerprint density at radius 1 is 1.05 bits per heavy atom. The average Bonchev–Trinajstić information content (AvgIpc) is 3.41. The Balaban J connectivity index is 1.43. The van der Waals surface area contributed by atoms with Crippen molar-refractivity contribution in [3.05, 3.63) is 88.7 Å².